The Morgan fingerprint density at radius 1 is 1.05 bits per heavy atom. The molecule has 3 N–H and O–H groups in total. The molecule has 0 radical (unpaired) electrons. The van der Waals surface area contributed by atoms with E-state index in [2.05, 4.69) is 10.6 Å². The van der Waals surface area contributed by atoms with Crippen LogP contribution in [0.2, 0.25) is 0 Å². The van der Waals surface area contributed by atoms with Crippen LogP contribution < -0.4 is 10.6 Å². The van der Waals surface area contributed by atoms with Crippen molar-refractivity contribution in [2.75, 3.05) is 6.54 Å². The fourth-order valence-corrected chi connectivity index (χ4v) is 3.15. The minimum Gasteiger partial charge on any atom is -0.480 e. The number of carboxylic acids is 1. The number of nitrogens with one attached hydrogen (secondary N) is 2. The van der Waals surface area contributed by atoms with Crippen LogP contribution in [0.4, 0.5) is 0 Å². The number of hydrogen-bond donors (Lipinski definition) is 3. The summed E-state index contributed by atoms with van der Waals surface area (Å²) in [6, 6.07) is 0. The number of carbonyl (C=O) groups is 2. The number of aliphatic carboxylic acids is 1. The van der Waals surface area contributed by atoms with Gasteiger partial charge >= 0.3 is 5.97 Å². The molecule has 1 atom stereocenters. The normalized spacial score (nSPS) is 30.6. The highest BCUT2D eigenvalue weighted by molar-refractivity contribution is 5.92. The van der Waals surface area contributed by atoms with Crippen molar-refractivity contribution in [3.63, 3.8) is 0 Å². The van der Waals surface area contributed by atoms with Gasteiger partial charge in [-0.05, 0) is 45.6 Å². The Balaban J connectivity index is 2.08. The summed E-state index contributed by atoms with van der Waals surface area (Å²) in [7, 11) is 0. The van der Waals surface area contributed by atoms with Gasteiger partial charge in [-0.2, -0.15) is 0 Å². The Bertz CT molecular complexity index is 356. The molecule has 5 heteroatoms. The average Bonchev–Trinajstić information content (AvgIpc) is 2.40. The third kappa shape index (κ3) is 2.91. The standard InChI is InChI=1S/C14H24N2O3/c1-13(7-5-6-10-15-13)11(17)16-14(12(18)19)8-3-2-4-9-14/h15H,2-10H2,1H3,(H,16,17)(H,18,19). The average molecular weight is 268 g/mol. The van der Waals surface area contributed by atoms with Crippen LogP contribution in [0.3, 0.4) is 0 Å². The molecule has 0 bridgehead atoms. The van der Waals surface area contributed by atoms with Gasteiger partial charge in [-0.3, -0.25) is 4.79 Å². The van der Waals surface area contributed by atoms with E-state index in [9.17, 15) is 14.7 Å². The molecule has 0 spiro atoms. The molecule has 2 fully saturated rings. The first-order valence-electron chi connectivity index (χ1n) is 7.30. The van der Waals surface area contributed by atoms with Crippen molar-refractivity contribution in [1.29, 1.82) is 0 Å². The first-order valence-corrected chi connectivity index (χ1v) is 7.30. The molecule has 2 aliphatic rings. The van der Waals surface area contributed by atoms with E-state index in [0.717, 1.165) is 45.1 Å². The maximum absolute atomic E-state index is 12.5. The van der Waals surface area contributed by atoms with Crippen molar-refractivity contribution in [3.8, 4) is 0 Å². The van der Waals surface area contributed by atoms with Crippen LogP contribution in [-0.4, -0.2) is 34.6 Å². The number of rotatable bonds is 3. The van der Waals surface area contributed by atoms with Crippen molar-refractivity contribution >= 4 is 11.9 Å². The zero-order chi connectivity index (χ0) is 13.9. The Morgan fingerprint density at radius 3 is 2.21 bits per heavy atom. The van der Waals surface area contributed by atoms with Crippen LogP contribution in [0.25, 0.3) is 0 Å². The van der Waals surface area contributed by atoms with Gasteiger partial charge < -0.3 is 15.7 Å². The number of carbonyl (C=O) groups excluding carboxylic acids is 1. The minimum absolute atomic E-state index is 0.156. The van der Waals surface area contributed by atoms with E-state index >= 15 is 0 Å². The van der Waals surface area contributed by atoms with Crippen molar-refractivity contribution in [2.24, 2.45) is 0 Å². The van der Waals surface area contributed by atoms with Crippen molar-refractivity contribution in [3.05, 3.63) is 0 Å². The molecule has 1 aliphatic heterocycles. The molecule has 5 nitrogen and oxygen atoms in total. The topological polar surface area (TPSA) is 78.4 Å². The summed E-state index contributed by atoms with van der Waals surface area (Å²) in [4.78, 5) is 24.0. The number of hydrogen-bond acceptors (Lipinski definition) is 3. The monoisotopic (exact) mass is 268 g/mol. The maximum atomic E-state index is 12.5. The summed E-state index contributed by atoms with van der Waals surface area (Å²) in [6.07, 6.45) is 6.75. The summed E-state index contributed by atoms with van der Waals surface area (Å²) in [5, 5.41) is 15.6. The van der Waals surface area contributed by atoms with E-state index < -0.39 is 17.0 Å². The highest BCUT2D eigenvalue weighted by atomic mass is 16.4. The van der Waals surface area contributed by atoms with Gasteiger partial charge in [0.25, 0.3) is 0 Å². The fourth-order valence-electron chi connectivity index (χ4n) is 3.15. The third-order valence-electron chi connectivity index (χ3n) is 4.59. The molecule has 1 aliphatic carbocycles. The lowest BCUT2D eigenvalue weighted by atomic mass is 9.80. The smallest absolute Gasteiger partial charge is 0.329 e. The molecular weight excluding hydrogens is 244 g/mol. The number of carboxylic acid groups (broad SMARTS) is 1. The molecule has 0 aromatic heterocycles. The van der Waals surface area contributed by atoms with Crippen molar-refractivity contribution < 1.29 is 14.7 Å². The zero-order valence-corrected chi connectivity index (χ0v) is 11.6. The van der Waals surface area contributed by atoms with E-state index in [1.54, 1.807) is 0 Å². The molecule has 1 saturated carbocycles. The van der Waals surface area contributed by atoms with Gasteiger partial charge in [0.15, 0.2) is 0 Å². The van der Waals surface area contributed by atoms with Crippen molar-refractivity contribution in [1.82, 2.24) is 10.6 Å². The number of piperidine rings is 1. The summed E-state index contributed by atoms with van der Waals surface area (Å²) in [6.45, 7) is 2.70. The molecule has 0 aromatic carbocycles. The largest absolute Gasteiger partial charge is 0.480 e. The van der Waals surface area contributed by atoms with E-state index in [-0.39, 0.29) is 5.91 Å². The second-order valence-corrected chi connectivity index (χ2v) is 6.12. The number of amides is 1. The summed E-state index contributed by atoms with van der Waals surface area (Å²) >= 11 is 0. The van der Waals surface area contributed by atoms with E-state index in [1.807, 2.05) is 6.92 Å². The third-order valence-corrected chi connectivity index (χ3v) is 4.59. The Kier molecular flexibility index (Phi) is 4.13. The van der Waals surface area contributed by atoms with Crippen LogP contribution >= 0.6 is 0 Å². The SMILES string of the molecule is CC1(C(=O)NC2(C(=O)O)CCCCC2)CCCCN1. The molecule has 1 amide bonds. The van der Waals surface area contributed by atoms with E-state index in [1.165, 1.54) is 0 Å². The predicted molar refractivity (Wildman–Crippen MR) is 71.9 cm³/mol. The molecule has 1 heterocycles. The van der Waals surface area contributed by atoms with Gasteiger partial charge in [0.2, 0.25) is 5.91 Å². The molecule has 19 heavy (non-hydrogen) atoms. The Hall–Kier alpha value is -1.10. The minimum atomic E-state index is -1.04. The fraction of sp³-hybridized carbons (Fsp3) is 0.857. The Labute approximate surface area is 114 Å². The van der Waals surface area contributed by atoms with Gasteiger partial charge in [-0.1, -0.05) is 19.3 Å². The van der Waals surface area contributed by atoms with Crippen LogP contribution in [0, 0.1) is 0 Å². The van der Waals surface area contributed by atoms with E-state index in [0.29, 0.717) is 12.8 Å². The molecule has 0 aromatic rings. The first-order chi connectivity index (χ1) is 8.99. The van der Waals surface area contributed by atoms with Crippen LogP contribution in [-0.2, 0) is 9.59 Å². The summed E-state index contributed by atoms with van der Waals surface area (Å²) < 4.78 is 0. The molecular formula is C14H24N2O3. The highest BCUT2D eigenvalue weighted by Gasteiger charge is 2.45. The second-order valence-electron chi connectivity index (χ2n) is 6.12. The van der Waals surface area contributed by atoms with Crippen molar-refractivity contribution in [2.45, 2.75) is 69.4 Å². The lowest BCUT2D eigenvalue weighted by molar-refractivity contribution is -0.150. The van der Waals surface area contributed by atoms with Gasteiger partial charge in [-0.15, -0.1) is 0 Å². The van der Waals surface area contributed by atoms with Crippen LogP contribution in [0.15, 0.2) is 0 Å². The van der Waals surface area contributed by atoms with E-state index in [4.69, 9.17) is 0 Å². The lowest BCUT2D eigenvalue weighted by Crippen LogP contribution is -2.64. The van der Waals surface area contributed by atoms with Gasteiger partial charge in [0, 0.05) is 0 Å². The summed E-state index contributed by atoms with van der Waals surface area (Å²) in [5.41, 5.74) is -1.66. The van der Waals surface area contributed by atoms with Crippen LogP contribution in [0.5, 0.6) is 0 Å². The summed E-state index contributed by atoms with van der Waals surface area (Å²) in [5.74, 6) is -1.04. The molecule has 2 rings (SSSR count). The quantitative estimate of drug-likeness (QED) is 0.723. The Morgan fingerprint density at radius 2 is 1.68 bits per heavy atom. The predicted octanol–water partition coefficient (Wildman–Crippen LogP) is 1.42. The molecule has 1 saturated heterocycles. The molecule has 108 valence electrons. The first kappa shape index (κ1) is 14.3. The second kappa shape index (κ2) is 5.49. The zero-order valence-electron chi connectivity index (χ0n) is 11.6. The van der Waals surface area contributed by atoms with Gasteiger partial charge in [-0.25, -0.2) is 4.79 Å². The maximum Gasteiger partial charge on any atom is 0.329 e. The van der Waals surface area contributed by atoms with Gasteiger partial charge in [0.05, 0.1) is 5.54 Å². The lowest BCUT2D eigenvalue weighted by Gasteiger charge is -2.39. The molecule has 1 unspecified atom stereocenters. The van der Waals surface area contributed by atoms with Gasteiger partial charge in [0.1, 0.15) is 5.54 Å². The van der Waals surface area contributed by atoms with Crippen LogP contribution in [0.1, 0.15) is 58.3 Å². The highest BCUT2D eigenvalue weighted by Crippen LogP contribution is 2.30.